The third kappa shape index (κ3) is 3.04. The summed E-state index contributed by atoms with van der Waals surface area (Å²) < 4.78 is 19.0. The average molecular weight is 387 g/mol. The Morgan fingerprint density at radius 1 is 0.931 bits per heavy atom. The van der Waals surface area contributed by atoms with E-state index in [1.54, 1.807) is 24.5 Å². The Bertz CT molecular complexity index is 1150. The monoisotopic (exact) mass is 387 g/mol. The van der Waals surface area contributed by atoms with Crippen LogP contribution in [0, 0.1) is 5.82 Å². The van der Waals surface area contributed by atoms with Crippen LogP contribution in [0.2, 0.25) is 0 Å². The molecule has 2 heterocycles. The molecule has 0 spiro atoms. The molecular weight excluding hydrogens is 369 g/mol. The quantitative estimate of drug-likeness (QED) is 0.559. The van der Waals surface area contributed by atoms with Crippen molar-refractivity contribution in [1.29, 1.82) is 0 Å². The highest BCUT2D eigenvalue weighted by Gasteiger charge is 2.44. The number of benzene rings is 2. The van der Waals surface area contributed by atoms with Crippen molar-refractivity contribution in [3.8, 4) is 22.6 Å². The van der Waals surface area contributed by atoms with Crippen LogP contribution in [0.5, 0.6) is 0 Å². The van der Waals surface area contributed by atoms with E-state index in [-0.39, 0.29) is 17.2 Å². The van der Waals surface area contributed by atoms with Gasteiger partial charge in [-0.3, -0.25) is 0 Å². The molecule has 0 aliphatic heterocycles. The number of nitrogens with two attached hydrogens (primary N) is 1. The zero-order chi connectivity index (χ0) is 19.8. The maximum absolute atomic E-state index is 13.5. The number of nitrogen functional groups attached to an aromatic ring is 1. The molecular formula is C22H18FN5O. The van der Waals surface area contributed by atoms with Crippen LogP contribution < -0.4 is 5.73 Å². The molecule has 2 aromatic carbocycles. The molecule has 1 saturated carbocycles. The predicted octanol–water partition coefficient (Wildman–Crippen LogP) is 4.38. The van der Waals surface area contributed by atoms with E-state index >= 15 is 0 Å². The number of hydrogen-bond acceptors (Lipinski definition) is 6. The topological polar surface area (TPSA) is 90.7 Å². The van der Waals surface area contributed by atoms with E-state index in [0.717, 1.165) is 36.0 Å². The van der Waals surface area contributed by atoms with Gasteiger partial charge in [-0.2, -0.15) is 4.98 Å². The third-order valence-corrected chi connectivity index (χ3v) is 5.58. The summed E-state index contributed by atoms with van der Waals surface area (Å²) >= 11 is 0. The van der Waals surface area contributed by atoms with Crippen molar-refractivity contribution in [2.45, 2.75) is 24.7 Å². The van der Waals surface area contributed by atoms with Gasteiger partial charge < -0.3 is 10.3 Å². The van der Waals surface area contributed by atoms with E-state index in [9.17, 15) is 4.39 Å². The van der Waals surface area contributed by atoms with Crippen LogP contribution in [0.3, 0.4) is 0 Å². The fraction of sp³-hybridized carbons (Fsp3) is 0.182. The number of halogens is 1. The van der Waals surface area contributed by atoms with E-state index in [1.807, 2.05) is 12.1 Å². The van der Waals surface area contributed by atoms with Crippen LogP contribution in [-0.4, -0.2) is 20.1 Å². The molecule has 29 heavy (non-hydrogen) atoms. The number of rotatable bonds is 4. The molecule has 0 saturated heterocycles. The van der Waals surface area contributed by atoms with Gasteiger partial charge in [0.15, 0.2) is 5.82 Å². The minimum Gasteiger partial charge on any atom is -0.368 e. The summed E-state index contributed by atoms with van der Waals surface area (Å²) in [5.74, 6) is 0.904. The predicted molar refractivity (Wildman–Crippen MR) is 106 cm³/mol. The molecule has 1 fully saturated rings. The molecule has 1 aliphatic rings. The van der Waals surface area contributed by atoms with Gasteiger partial charge in [0, 0.05) is 23.5 Å². The lowest BCUT2D eigenvalue weighted by atomic mass is 9.64. The minimum absolute atomic E-state index is 0.255. The van der Waals surface area contributed by atoms with Gasteiger partial charge in [0.2, 0.25) is 5.95 Å². The van der Waals surface area contributed by atoms with Crippen LogP contribution in [0.15, 0.2) is 65.4 Å². The molecule has 0 unspecified atom stereocenters. The SMILES string of the molecule is Nc1ncc(-c2ccc(C3(c4noc(-c5cccc(F)c5)n4)CCC3)cc2)cn1. The molecule has 7 heteroatoms. The first-order valence-electron chi connectivity index (χ1n) is 9.43. The number of hydrogen-bond donors (Lipinski definition) is 1. The second kappa shape index (κ2) is 6.77. The van der Waals surface area contributed by atoms with Gasteiger partial charge in [-0.25, -0.2) is 14.4 Å². The van der Waals surface area contributed by atoms with Gasteiger partial charge in [0.05, 0.1) is 5.41 Å². The summed E-state index contributed by atoms with van der Waals surface area (Å²) in [4.78, 5) is 12.7. The highest BCUT2D eigenvalue weighted by atomic mass is 19.1. The van der Waals surface area contributed by atoms with Crippen molar-refractivity contribution in [3.05, 3.63) is 78.1 Å². The Morgan fingerprint density at radius 3 is 2.34 bits per heavy atom. The second-order valence-electron chi connectivity index (χ2n) is 7.28. The molecule has 0 atom stereocenters. The van der Waals surface area contributed by atoms with E-state index < -0.39 is 0 Å². The van der Waals surface area contributed by atoms with Crippen molar-refractivity contribution >= 4 is 5.95 Å². The largest absolute Gasteiger partial charge is 0.368 e. The highest BCUT2D eigenvalue weighted by Crippen LogP contribution is 2.48. The van der Waals surface area contributed by atoms with Gasteiger partial charge in [-0.1, -0.05) is 41.9 Å². The maximum Gasteiger partial charge on any atom is 0.258 e. The van der Waals surface area contributed by atoms with Crippen molar-refractivity contribution < 1.29 is 8.91 Å². The first-order valence-corrected chi connectivity index (χ1v) is 9.43. The number of nitrogens with zero attached hydrogens (tertiary/aromatic N) is 4. The zero-order valence-corrected chi connectivity index (χ0v) is 15.5. The first kappa shape index (κ1) is 17.5. The first-order chi connectivity index (χ1) is 14.1. The van der Waals surface area contributed by atoms with Gasteiger partial charge >= 0.3 is 0 Å². The van der Waals surface area contributed by atoms with Crippen LogP contribution in [0.1, 0.15) is 30.7 Å². The number of aromatic nitrogens is 4. The molecule has 0 bridgehead atoms. The van der Waals surface area contributed by atoms with Crippen molar-refractivity contribution in [2.75, 3.05) is 5.73 Å². The standard InChI is InChI=1S/C22H18FN5O/c23-18-4-1-3-15(11-18)19-27-20(28-29-19)22(9-2-10-22)17-7-5-14(6-8-17)16-12-25-21(24)26-13-16/h1,3-8,11-13H,2,9-10H2,(H2,24,25,26). The average Bonchev–Trinajstić information content (AvgIpc) is 3.19. The lowest BCUT2D eigenvalue weighted by molar-refractivity contribution is 0.273. The molecule has 2 N–H and O–H groups in total. The van der Waals surface area contributed by atoms with E-state index in [2.05, 4.69) is 32.2 Å². The number of anilines is 1. The Hall–Kier alpha value is -3.61. The smallest absolute Gasteiger partial charge is 0.258 e. The summed E-state index contributed by atoms with van der Waals surface area (Å²) in [7, 11) is 0. The molecule has 144 valence electrons. The Kier molecular flexibility index (Phi) is 4.08. The lowest BCUT2D eigenvalue weighted by Crippen LogP contribution is -2.36. The van der Waals surface area contributed by atoms with Crippen molar-refractivity contribution in [1.82, 2.24) is 20.1 Å². The zero-order valence-electron chi connectivity index (χ0n) is 15.5. The molecule has 6 nitrogen and oxygen atoms in total. The Labute approximate surface area is 166 Å². The van der Waals surface area contributed by atoms with E-state index in [4.69, 9.17) is 10.3 Å². The van der Waals surface area contributed by atoms with Crippen molar-refractivity contribution in [3.63, 3.8) is 0 Å². The van der Waals surface area contributed by atoms with Crippen LogP contribution in [-0.2, 0) is 5.41 Å². The summed E-state index contributed by atoms with van der Waals surface area (Å²) in [6, 6.07) is 14.4. The summed E-state index contributed by atoms with van der Waals surface area (Å²) in [5.41, 5.74) is 8.92. The molecule has 0 radical (unpaired) electrons. The molecule has 2 aromatic heterocycles. The fourth-order valence-electron chi connectivity index (χ4n) is 3.80. The highest BCUT2D eigenvalue weighted by molar-refractivity contribution is 5.63. The van der Waals surface area contributed by atoms with Gasteiger partial charge in [0.1, 0.15) is 5.82 Å². The van der Waals surface area contributed by atoms with Crippen molar-refractivity contribution in [2.24, 2.45) is 0 Å². The Morgan fingerprint density at radius 2 is 1.69 bits per heavy atom. The van der Waals surface area contributed by atoms with Gasteiger partial charge in [0.25, 0.3) is 5.89 Å². The van der Waals surface area contributed by atoms with Gasteiger partial charge in [-0.05, 0) is 42.2 Å². The molecule has 4 aromatic rings. The Balaban J connectivity index is 1.47. The third-order valence-electron chi connectivity index (χ3n) is 5.58. The summed E-state index contributed by atoms with van der Waals surface area (Å²) in [6.07, 6.45) is 6.40. The normalized spacial score (nSPS) is 15.1. The fourth-order valence-corrected chi connectivity index (χ4v) is 3.80. The summed E-state index contributed by atoms with van der Waals surface area (Å²) in [6.45, 7) is 0. The molecule has 1 aliphatic carbocycles. The minimum atomic E-state index is -0.331. The van der Waals surface area contributed by atoms with Crippen LogP contribution >= 0.6 is 0 Å². The van der Waals surface area contributed by atoms with Gasteiger partial charge in [-0.15, -0.1) is 0 Å². The van der Waals surface area contributed by atoms with Crippen LogP contribution in [0.4, 0.5) is 10.3 Å². The second-order valence-corrected chi connectivity index (χ2v) is 7.28. The van der Waals surface area contributed by atoms with E-state index in [1.165, 1.54) is 12.1 Å². The molecule has 5 rings (SSSR count). The summed E-state index contributed by atoms with van der Waals surface area (Å²) in [5, 5.41) is 4.24. The lowest BCUT2D eigenvalue weighted by Gasteiger charge is -2.39. The maximum atomic E-state index is 13.5. The van der Waals surface area contributed by atoms with E-state index in [0.29, 0.717) is 17.3 Å². The van der Waals surface area contributed by atoms with Crippen LogP contribution in [0.25, 0.3) is 22.6 Å². The molecule has 0 amide bonds.